The van der Waals surface area contributed by atoms with Gasteiger partial charge in [-0.2, -0.15) is 0 Å². The molecular formula is C33H68N2O6P+. The molecule has 42 heavy (non-hydrogen) atoms. The van der Waals surface area contributed by atoms with Gasteiger partial charge in [-0.15, -0.1) is 0 Å². The van der Waals surface area contributed by atoms with Gasteiger partial charge in [0.25, 0.3) is 0 Å². The fraction of sp³-hybridized carbons (Fsp3) is 0.909. The van der Waals surface area contributed by atoms with E-state index >= 15 is 0 Å². The Bertz CT molecular complexity index is 713. The molecule has 8 nitrogen and oxygen atoms in total. The first kappa shape index (κ1) is 41.2. The SMILES string of the molecule is CCCCCCCCCCC/C=C/C(O)C(COP(=O)(O)OCC[N+](C)(C)C)NC(=O)CCCCCCCCCCC. The molecular weight excluding hydrogens is 551 g/mol. The van der Waals surface area contributed by atoms with Crippen molar-refractivity contribution < 1.29 is 32.9 Å². The van der Waals surface area contributed by atoms with E-state index < -0.39 is 20.0 Å². The lowest BCUT2D eigenvalue weighted by atomic mass is 10.1. The molecule has 0 aromatic carbocycles. The highest BCUT2D eigenvalue weighted by Crippen LogP contribution is 2.43. The van der Waals surface area contributed by atoms with Crippen LogP contribution in [0.3, 0.4) is 0 Å². The van der Waals surface area contributed by atoms with Crippen LogP contribution in [0.5, 0.6) is 0 Å². The van der Waals surface area contributed by atoms with Crippen LogP contribution in [-0.2, 0) is 18.4 Å². The third kappa shape index (κ3) is 28.0. The summed E-state index contributed by atoms with van der Waals surface area (Å²) in [6.07, 6.45) is 25.6. The molecule has 0 aliphatic heterocycles. The molecule has 9 heteroatoms. The van der Waals surface area contributed by atoms with E-state index in [9.17, 15) is 19.4 Å². The molecule has 3 N–H and O–H groups in total. The van der Waals surface area contributed by atoms with Crippen molar-refractivity contribution in [2.45, 2.75) is 154 Å². The number of phosphoric acid groups is 1. The molecule has 0 bridgehead atoms. The molecule has 0 heterocycles. The normalized spacial score (nSPS) is 15.1. The van der Waals surface area contributed by atoms with Gasteiger partial charge in [0, 0.05) is 6.42 Å². The number of aliphatic hydroxyl groups excluding tert-OH is 1. The Kier molecular flexibility index (Phi) is 26.1. The molecule has 1 amide bonds. The van der Waals surface area contributed by atoms with Gasteiger partial charge in [-0.25, -0.2) is 4.57 Å². The number of hydrogen-bond acceptors (Lipinski definition) is 5. The van der Waals surface area contributed by atoms with Crippen molar-refractivity contribution in [3.05, 3.63) is 12.2 Å². The van der Waals surface area contributed by atoms with E-state index in [-0.39, 0.29) is 19.1 Å². The Balaban J connectivity index is 4.63. The Morgan fingerprint density at radius 1 is 0.786 bits per heavy atom. The summed E-state index contributed by atoms with van der Waals surface area (Å²) in [5, 5.41) is 13.6. The van der Waals surface area contributed by atoms with Crippen molar-refractivity contribution in [1.82, 2.24) is 5.32 Å². The van der Waals surface area contributed by atoms with Crippen LogP contribution in [0.25, 0.3) is 0 Å². The zero-order valence-corrected chi connectivity index (χ0v) is 28.9. The predicted octanol–water partition coefficient (Wildman–Crippen LogP) is 8.07. The van der Waals surface area contributed by atoms with Gasteiger partial charge in [-0.3, -0.25) is 13.8 Å². The van der Waals surface area contributed by atoms with Crippen LogP contribution in [0.15, 0.2) is 12.2 Å². The minimum Gasteiger partial charge on any atom is -0.387 e. The van der Waals surface area contributed by atoms with Crippen molar-refractivity contribution in [2.24, 2.45) is 0 Å². The molecule has 0 fully saturated rings. The molecule has 0 aromatic heterocycles. The van der Waals surface area contributed by atoms with Crippen LogP contribution in [0.2, 0.25) is 0 Å². The maximum Gasteiger partial charge on any atom is 0.472 e. The summed E-state index contributed by atoms with van der Waals surface area (Å²) in [5.74, 6) is -0.184. The van der Waals surface area contributed by atoms with Crippen LogP contribution < -0.4 is 5.32 Å². The topological polar surface area (TPSA) is 105 Å². The van der Waals surface area contributed by atoms with E-state index in [0.29, 0.717) is 17.4 Å². The van der Waals surface area contributed by atoms with Crippen molar-refractivity contribution in [1.29, 1.82) is 0 Å². The minimum atomic E-state index is -4.31. The first-order valence-corrected chi connectivity index (χ1v) is 18.6. The number of aliphatic hydroxyl groups is 1. The second-order valence-corrected chi connectivity index (χ2v) is 14.4. The van der Waals surface area contributed by atoms with E-state index in [1.165, 1.54) is 83.5 Å². The Labute approximate surface area is 259 Å². The number of allylic oxidation sites excluding steroid dienone is 1. The number of unbranched alkanes of at least 4 members (excludes halogenated alkanes) is 17. The van der Waals surface area contributed by atoms with E-state index in [1.807, 2.05) is 27.2 Å². The number of carbonyl (C=O) groups is 1. The number of nitrogens with zero attached hydrogens (tertiary/aromatic N) is 1. The van der Waals surface area contributed by atoms with Gasteiger partial charge >= 0.3 is 7.82 Å². The summed E-state index contributed by atoms with van der Waals surface area (Å²) in [6, 6.07) is -0.835. The predicted molar refractivity (Wildman–Crippen MR) is 175 cm³/mol. The lowest BCUT2D eigenvalue weighted by molar-refractivity contribution is -0.870. The Morgan fingerprint density at radius 3 is 1.76 bits per heavy atom. The zero-order chi connectivity index (χ0) is 31.5. The van der Waals surface area contributed by atoms with Crippen LogP contribution in [0.1, 0.15) is 142 Å². The van der Waals surface area contributed by atoms with E-state index in [4.69, 9.17) is 9.05 Å². The summed E-state index contributed by atoms with van der Waals surface area (Å²) in [4.78, 5) is 22.8. The van der Waals surface area contributed by atoms with E-state index in [1.54, 1.807) is 6.08 Å². The van der Waals surface area contributed by atoms with Crippen molar-refractivity contribution in [2.75, 3.05) is 40.9 Å². The van der Waals surface area contributed by atoms with Gasteiger partial charge < -0.3 is 19.8 Å². The molecule has 0 aliphatic rings. The van der Waals surface area contributed by atoms with Crippen LogP contribution in [0, 0.1) is 0 Å². The van der Waals surface area contributed by atoms with Gasteiger partial charge in [-0.05, 0) is 19.3 Å². The van der Waals surface area contributed by atoms with Gasteiger partial charge in [0.05, 0.1) is 39.9 Å². The van der Waals surface area contributed by atoms with Crippen LogP contribution >= 0.6 is 7.82 Å². The smallest absolute Gasteiger partial charge is 0.387 e. The van der Waals surface area contributed by atoms with Crippen molar-refractivity contribution >= 4 is 13.7 Å². The molecule has 0 radical (unpaired) electrons. The first-order valence-electron chi connectivity index (χ1n) is 17.1. The van der Waals surface area contributed by atoms with E-state index in [0.717, 1.165) is 38.5 Å². The molecule has 0 aliphatic carbocycles. The number of quaternary nitrogens is 1. The molecule has 250 valence electrons. The maximum absolute atomic E-state index is 12.7. The largest absolute Gasteiger partial charge is 0.472 e. The van der Waals surface area contributed by atoms with E-state index in [2.05, 4.69) is 19.2 Å². The first-order chi connectivity index (χ1) is 20.0. The molecule has 0 saturated carbocycles. The molecule has 0 spiro atoms. The summed E-state index contributed by atoms with van der Waals surface area (Å²) in [7, 11) is 1.57. The molecule has 3 unspecified atom stereocenters. The summed E-state index contributed by atoms with van der Waals surface area (Å²) >= 11 is 0. The molecule has 0 saturated heterocycles. The number of carbonyl (C=O) groups excluding carboxylic acids is 1. The van der Waals surface area contributed by atoms with Gasteiger partial charge in [-0.1, -0.05) is 129 Å². The minimum absolute atomic E-state index is 0.0636. The Hall–Kier alpha value is -0.760. The highest BCUT2D eigenvalue weighted by molar-refractivity contribution is 7.47. The van der Waals surface area contributed by atoms with Gasteiger partial charge in [0.1, 0.15) is 13.2 Å². The Morgan fingerprint density at radius 2 is 1.26 bits per heavy atom. The lowest BCUT2D eigenvalue weighted by Crippen LogP contribution is -2.45. The molecule has 3 atom stereocenters. The van der Waals surface area contributed by atoms with Crippen molar-refractivity contribution in [3.63, 3.8) is 0 Å². The van der Waals surface area contributed by atoms with Crippen molar-refractivity contribution in [3.8, 4) is 0 Å². The second kappa shape index (κ2) is 26.6. The molecule has 0 rings (SSSR count). The second-order valence-electron chi connectivity index (χ2n) is 12.9. The fourth-order valence-electron chi connectivity index (χ4n) is 4.69. The highest BCUT2D eigenvalue weighted by Gasteiger charge is 2.27. The van der Waals surface area contributed by atoms with Gasteiger partial charge in [0.15, 0.2) is 0 Å². The number of hydrogen-bond donors (Lipinski definition) is 3. The maximum atomic E-state index is 12.7. The quantitative estimate of drug-likeness (QED) is 0.0325. The third-order valence-electron chi connectivity index (χ3n) is 7.51. The fourth-order valence-corrected chi connectivity index (χ4v) is 5.42. The average molecular weight is 620 g/mol. The summed E-state index contributed by atoms with van der Waals surface area (Å²) in [5.41, 5.74) is 0. The average Bonchev–Trinajstić information content (AvgIpc) is 2.92. The lowest BCUT2D eigenvalue weighted by Gasteiger charge is -2.25. The number of phosphoric ester groups is 1. The van der Waals surface area contributed by atoms with Crippen LogP contribution in [0.4, 0.5) is 0 Å². The third-order valence-corrected chi connectivity index (χ3v) is 8.49. The number of likely N-dealkylation sites (N-methyl/N-ethyl adjacent to an activating group) is 1. The standard InChI is InChI=1S/C33H67N2O6P/c1-6-8-10-12-14-16-17-19-20-22-24-26-32(36)31(30-41-42(38,39)40-29-28-35(3,4)5)34-33(37)27-25-23-21-18-15-13-11-9-7-2/h24,26,31-32,36H,6-23,25,27-30H2,1-5H3,(H-,34,37,38,39)/p+1/b26-24+. The number of nitrogens with one attached hydrogen (secondary N) is 1. The number of amides is 1. The number of rotatable bonds is 30. The summed E-state index contributed by atoms with van der Waals surface area (Å²) in [6.45, 7) is 4.75. The zero-order valence-electron chi connectivity index (χ0n) is 28.0. The van der Waals surface area contributed by atoms with Crippen LogP contribution in [-0.4, -0.2) is 73.4 Å². The summed E-state index contributed by atoms with van der Waals surface area (Å²) < 4.78 is 23.3. The monoisotopic (exact) mass is 619 g/mol. The van der Waals surface area contributed by atoms with Gasteiger partial charge in [0.2, 0.25) is 5.91 Å². The highest BCUT2D eigenvalue weighted by atomic mass is 31.2. The molecule has 0 aromatic rings.